The highest BCUT2D eigenvalue weighted by molar-refractivity contribution is 5.98. The lowest BCUT2D eigenvalue weighted by Crippen LogP contribution is -2.43. The van der Waals surface area contributed by atoms with Crippen LogP contribution in [0.2, 0.25) is 0 Å². The molecular weight excluding hydrogens is 388 g/mol. The SMILES string of the molecule is O=C(NC(Cc1ccccc1)C(=O)Cc1ccccc1OC(F)F)c1ccccc1. The lowest BCUT2D eigenvalue weighted by atomic mass is 9.97. The minimum Gasteiger partial charge on any atom is -0.435 e. The summed E-state index contributed by atoms with van der Waals surface area (Å²) < 4.78 is 29.9. The molecular formula is C24H21F2NO3. The summed E-state index contributed by atoms with van der Waals surface area (Å²) >= 11 is 0. The van der Waals surface area contributed by atoms with Gasteiger partial charge in [0.15, 0.2) is 5.78 Å². The molecule has 0 aliphatic carbocycles. The van der Waals surface area contributed by atoms with E-state index in [1.54, 1.807) is 48.5 Å². The Bertz CT molecular complexity index is 978. The molecule has 3 rings (SSSR count). The third-order valence-electron chi connectivity index (χ3n) is 4.57. The highest BCUT2D eigenvalue weighted by atomic mass is 19.3. The molecule has 4 nitrogen and oxygen atoms in total. The van der Waals surface area contributed by atoms with Crippen LogP contribution in [0.1, 0.15) is 21.5 Å². The third-order valence-corrected chi connectivity index (χ3v) is 4.57. The molecule has 0 aliphatic heterocycles. The number of ether oxygens (including phenoxy) is 1. The van der Waals surface area contributed by atoms with E-state index in [1.165, 1.54) is 6.07 Å². The largest absolute Gasteiger partial charge is 0.435 e. The summed E-state index contributed by atoms with van der Waals surface area (Å²) in [5.41, 5.74) is 1.65. The van der Waals surface area contributed by atoms with E-state index in [2.05, 4.69) is 10.1 Å². The van der Waals surface area contributed by atoms with E-state index in [-0.39, 0.29) is 30.3 Å². The summed E-state index contributed by atoms with van der Waals surface area (Å²) in [4.78, 5) is 25.7. The first-order valence-corrected chi connectivity index (χ1v) is 9.48. The van der Waals surface area contributed by atoms with Crippen molar-refractivity contribution in [3.05, 3.63) is 102 Å². The van der Waals surface area contributed by atoms with E-state index in [0.29, 0.717) is 11.1 Å². The second-order valence-electron chi connectivity index (χ2n) is 6.71. The highest BCUT2D eigenvalue weighted by Gasteiger charge is 2.23. The van der Waals surface area contributed by atoms with Crippen molar-refractivity contribution in [3.8, 4) is 5.75 Å². The number of rotatable bonds is 9. The van der Waals surface area contributed by atoms with Gasteiger partial charge in [0.05, 0.1) is 6.04 Å². The van der Waals surface area contributed by atoms with Crippen molar-refractivity contribution in [2.75, 3.05) is 0 Å². The van der Waals surface area contributed by atoms with Crippen molar-refractivity contribution in [2.45, 2.75) is 25.5 Å². The fraction of sp³-hybridized carbons (Fsp3) is 0.167. The predicted molar refractivity (Wildman–Crippen MR) is 110 cm³/mol. The molecule has 6 heteroatoms. The molecule has 1 amide bonds. The summed E-state index contributed by atoms with van der Waals surface area (Å²) in [5.74, 6) is -0.718. The van der Waals surface area contributed by atoms with Crippen LogP contribution in [0.25, 0.3) is 0 Å². The molecule has 0 bridgehead atoms. The van der Waals surface area contributed by atoms with Gasteiger partial charge in [0, 0.05) is 17.5 Å². The molecule has 1 atom stereocenters. The molecule has 0 aliphatic rings. The quantitative estimate of drug-likeness (QED) is 0.569. The molecule has 0 spiro atoms. The second kappa shape index (κ2) is 10.3. The van der Waals surface area contributed by atoms with Gasteiger partial charge in [0.2, 0.25) is 0 Å². The van der Waals surface area contributed by atoms with Crippen LogP contribution in [0.5, 0.6) is 5.75 Å². The number of carbonyl (C=O) groups is 2. The van der Waals surface area contributed by atoms with Crippen molar-refractivity contribution in [1.82, 2.24) is 5.32 Å². The van der Waals surface area contributed by atoms with E-state index < -0.39 is 12.7 Å². The Morgan fingerprint density at radius 2 is 1.43 bits per heavy atom. The molecule has 0 saturated heterocycles. The number of alkyl halides is 2. The summed E-state index contributed by atoms with van der Waals surface area (Å²) in [6.45, 7) is -2.99. The maximum Gasteiger partial charge on any atom is 0.387 e. The standard InChI is InChI=1S/C24H21F2NO3/c25-24(26)30-22-14-8-7-13-19(22)16-21(28)20(15-17-9-3-1-4-10-17)27-23(29)18-11-5-2-6-12-18/h1-14,20,24H,15-16H2,(H,27,29). The van der Waals surface area contributed by atoms with Gasteiger partial charge in [-0.25, -0.2) is 0 Å². The maximum atomic E-state index is 13.1. The van der Waals surface area contributed by atoms with Crippen LogP contribution in [-0.4, -0.2) is 24.3 Å². The molecule has 3 aromatic carbocycles. The van der Waals surface area contributed by atoms with Gasteiger partial charge >= 0.3 is 6.61 Å². The Kier molecular flexibility index (Phi) is 7.27. The van der Waals surface area contributed by atoms with Gasteiger partial charge in [-0.2, -0.15) is 8.78 Å². The smallest absolute Gasteiger partial charge is 0.387 e. The molecule has 1 N–H and O–H groups in total. The summed E-state index contributed by atoms with van der Waals surface area (Å²) in [5, 5.41) is 2.78. The molecule has 0 heterocycles. The fourth-order valence-electron chi connectivity index (χ4n) is 3.10. The first kappa shape index (κ1) is 21.2. The molecule has 0 aromatic heterocycles. The van der Waals surface area contributed by atoms with Gasteiger partial charge in [-0.1, -0.05) is 66.7 Å². The lowest BCUT2D eigenvalue weighted by Gasteiger charge is -2.19. The molecule has 0 radical (unpaired) electrons. The number of carbonyl (C=O) groups excluding carboxylic acids is 2. The van der Waals surface area contributed by atoms with Crippen LogP contribution in [-0.2, 0) is 17.6 Å². The number of amides is 1. The number of hydrogen-bond acceptors (Lipinski definition) is 3. The number of ketones is 1. The monoisotopic (exact) mass is 409 g/mol. The Balaban J connectivity index is 1.80. The van der Waals surface area contributed by atoms with E-state index in [9.17, 15) is 18.4 Å². The molecule has 1 unspecified atom stereocenters. The summed E-state index contributed by atoms with van der Waals surface area (Å²) in [7, 11) is 0. The van der Waals surface area contributed by atoms with Crippen molar-refractivity contribution < 1.29 is 23.1 Å². The van der Waals surface area contributed by atoms with Crippen molar-refractivity contribution in [3.63, 3.8) is 0 Å². The number of benzene rings is 3. The normalized spacial score (nSPS) is 11.7. The number of halogens is 2. The van der Waals surface area contributed by atoms with Gasteiger partial charge in [0.1, 0.15) is 5.75 Å². The molecule has 0 fully saturated rings. The molecule has 0 saturated carbocycles. The minimum absolute atomic E-state index is 0.0475. The fourth-order valence-corrected chi connectivity index (χ4v) is 3.10. The van der Waals surface area contributed by atoms with Gasteiger partial charge in [-0.05, 0) is 30.2 Å². The predicted octanol–water partition coefficient (Wildman–Crippen LogP) is 4.44. The van der Waals surface area contributed by atoms with Crippen LogP contribution in [0.3, 0.4) is 0 Å². The minimum atomic E-state index is -2.99. The Hall–Kier alpha value is -3.54. The summed E-state index contributed by atoms with van der Waals surface area (Å²) in [6.07, 6.45) is 0.144. The number of para-hydroxylation sites is 1. The zero-order chi connectivity index (χ0) is 21.3. The zero-order valence-electron chi connectivity index (χ0n) is 16.1. The Labute approximate surface area is 173 Å². The first-order valence-electron chi connectivity index (χ1n) is 9.48. The second-order valence-corrected chi connectivity index (χ2v) is 6.71. The van der Waals surface area contributed by atoms with Crippen molar-refractivity contribution >= 4 is 11.7 Å². The third kappa shape index (κ3) is 5.98. The van der Waals surface area contributed by atoms with E-state index in [0.717, 1.165) is 5.56 Å². The van der Waals surface area contributed by atoms with E-state index in [1.807, 2.05) is 30.3 Å². The highest BCUT2D eigenvalue weighted by Crippen LogP contribution is 2.22. The zero-order valence-corrected chi connectivity index (χ0v) is 16.1. The molecule has 3 aromatic rings. The van der Waals surface area contributed by atoms with Crippen LogP contribution < -0.4 is 10.1 Å². The Morgan fingerprint density at radius 1 is 0.833 bits per heavy atom. The topological polar surface area (TPSA) is 55.4 Å². The van der Waals surface area contributed by atoms with Crippen LogP contribution in [0, 0.1) is 0 Å². The maximum absolute atomic E-state index is 13.1. The average Bonchev–Trinajstić information content (AvgIpc) is 2.75. The average molecular weight is 409 g/mol. The molecule has 30 heavy (non-hydrogen) atoms. The summed E-state index contributed by atoms with van der Waals surface area (Å²) in [6, 6.07) is 23.2. The van der Waals surface area contributed by atoms with Gasteiger partial charge < -0.3 is 10.1 Å². The first-order chi connectivity index (χ1) is 14.5. The van der Waals surface area contributed by atoms with Crippen molar-refractivity contribution in [1.29, 1.82) is 0 Å². The van der Waals surface area contributed by atoms with Gasteiger partial charge in [0.25, 0.3) is 5.91 Å². The molecule has 154 valence electrons. The van der Waals surface area contributed by atoms with Gasteiger partial charge in [-0.3, -0.25) is 9.59 Å². The van der Waals surface area contributed by atoms with E-state index in [4.69, 9.17) is 0 Å². The Morgan fingerprint density at radius 3 is 2.10 bits per heavy atom. The van der Waals surface area contributed by atoms with Crippen molar-refractivity contribution in [2.24, 2.45) is 0 Å². The van der Waals surface area contributed by atoms with E-state index >= 15 is 0 Å². The van der Waals surface area contributed by atoms with Gasteiger partial charge in [-0.15, -0.1) is 0 Å². The van der Waals surface area contributed by atoms with Crippen LogP contribution >= 0.6 is 0 Å². The van der Waals surface area contributed by atoms with Crippen LogP contribution in [0.4, 0.5) is 8.78 Å². The number of hydrogen-bond donors (Lipinski definition) is 1. The van der Waals surface area contributed by atoms with Crippen LogP contribution in [0.15, 0.2) is 84.9 Å². The lowest BCUT2D eigenvalue weighted by molar-refractivity contribution is -0.120. The number of nitrogens with one attached hydrogen (secondary N) is 1. The number of Topliss-reactive ketones (excluding diaryl/α,β-unsaturated/α-hetero) is 1.